The Morgan fingerprint density at radius 2 is 1.89 bits per heavy atom. The van der Waals surface area contributed by atoms with E-state index in [0.717, 1.165) is 12.0 Å². The zero-order valence-corrected chi connectivity index (χ0v) is 15.5. The summed E-state index contributed by atoms with van der Waals surface area (Å²) in [6, 6.07) is 12.3. The van der Waals surface area contributed by atoms with Crippen LogP contribution in [0.15, 0.2) is 64.7 Å². The van der Waals surface area contributed by atoms with E-state index in [0.29, 0.717) is 34.5 Å². The zero-order valence-electron chi connectivity index (χ0n) is 15.5. The number of benzene rings is 2. The minimum Gasteiger partial charge on any atom is -0.493 e. The predicted molar refractivity (Wildman–Crippen MR) is 107 cm³/mol. The Morgan fingerprint density at radius 3 is 2.61 bits per heavy atom. The van der Waals surface area contributed by atoms with Crippen molar-refractivity contribution in [1.29, 1.82) is 0 Å². The minimum absolute atomic E-state index is 0.107. The zero-order chi connectivity index (χ0) is 19.5. The van der Waals surface area contributed by atoms with Crippen molar-refractivity contribution < 1.29 is 19.0 Å². The van der Waals surface area contributed by atoms with E-state index in [1.165, 1.54) is 7.11 Å². The number of ether oxygens (including phenoxy) is 3. The molecule has 0 aromatic heterocycles. The number of anilines is 1. The third-order valence-electron chi connectivity index (χ3n) is 4.46. The first-order chi connectivity index (χ1) is 13.7. The number of nitrogens with zero attached hydrogens (tertiary/aromatic N) is 2. The molecule has 2 aliphatic rings. The summed E-state index contributed by atoms with van der Waals surface area (Å²) in [7, 11) is 3.08. The molecule has 7 nitrogen and oxygen atoms in total. The molecule has 1 N–H and O–H groups in total. The van der Waals surface area contributed by atoms with Gasteiger partial charge in [-0.15, -0.1) is 0 Å². The third kappa shape index (κ3) is 3.46. The van der Waals surface area contributed by atoms with E-state index in [1.54, 1.807) is 31.5 Å². The molecule has 4 rings (SSSR count). The Balaban J connectivity index is 1.46. The first-order valence-electron chi connectivity index (χ1n) is 8.80. The number of hydrogen-bond acceptors (Lipinski definition) is 6. The minimum atomic E-state index is -0.241. The summed E-state index contributed by atoms with van der Waals surface area (Å²) in [6.45, 7) is 0. The van der Waals surface area contributed by atoms with E-state index < -0.39 is 0 Å². The summed E-state index contributed by atoms with van der Waals surface area (Å²) in [4.78, 5) is 21.2. The van der Waals surface area contributed by atoms with Crippen LogP contribution in [0.3, 0.4) is 0 Å². The van der Waals surface area contributed by atoms with Crippen LogP contribution in [0.4, 0.5) is 5.69 Å². The summed E-state index contributed by atoms with van der Waals surface area (Å²) < 4.78 is 16.3. The Bertz CT molecular complexity index is 993. The second-order valence-corrected chi connectivity index (χ2v) is 6.23. The van der Waals surface area contributed by atoms with E-state index in [9.17, 15) is 4.79 Å². The monoisotopic (exact) mass is 377 g/mol. The lowest BCUT2D eigenvalue weighted by Crippen LogP contribution is -2.18. The van der Waals surface area contributed by atoms with Gasteiger partial charge in [0.15, 0.2) is 23.4 Å². The summed E-state index contributed by atoms with van der Waals surface area (Å²) >= 11 is 0. The maximum absolute atomic E-state index is 12.5. The summed E-state index contributed by atoms with van der Waals surface area (Å²) in [5.41, 5.74) is 1.97. The van der Waals surface area contributed by atoms with E-state index >= 15 is 0 Å². The molecule has 1 amide bonds. The Hall–Kier alpha value is -3.61. The van der Waals surface area contributed by atoms with Gasteiger partial charge in [0.25, 0.3) is 5.91 Å². The van der Waals surface area contributed by atoms with Crippen LogP contribution in [0.25, 0.3) is 0 Å². The van der Waals surface area contributed by atoms with Crippen molar-refractivity contribution in [2.24, 2.45) is 9.98 Å². The molecule has 7 heteroatoms. The number of amidine groups is 1. The second kappa shape index (κ2) is 7.56. The Labute approximate surface area is 162 Å². The fraction of sp³-hybridized carbons (Fsp3) is 0.190. The SMILES string of the molecule is COc1ccc(C(=O)Nc2ccc(C3=NC4=NC=CCC4O3)cc2)cc1OC. The molecule has 0 fully saturated rings. The normalized spacial score (nSPS) is 17.1. The van der Waals surface area contributed by atoms with Crippen molar-refractivity contribution in [2.45, 2.75) is 12.5 Å². The maximum atomic E-state index is 12.5. The number of carbonyl (C=O) groups excluding carboxylic acids is 1. The lowest BCUT2D eigenvalue weighted by molar-refractivity contribution is 0.102. The third-order valence-corrected chi connectivity index (χ3v) is 4.46. The molecule has 2 aromatic carbocycles. The highest BCUT2D eigenvalue weighted by Gasteiger charge is 2.28. The summed E-state index contributed by atoms with van der Waals surface area (Å²) in [5, 5.41) is 2.86. The van der Waals surface area contributed by atoms with Crippen molar-refractivity contribution >= 4 is 23.3 Å². The van der Waals surface area contributed by atoms with Crippen molar-refractivity contribution in [2.75, 3.05) is 19.5 Å². The quantitative estimate of drug-likeness (QED) is 0.866. The second-order valence-electron chi connectivity index (χ2n) is 6.23. The fourth-order valence-electron chi connectivity index (χ4n) is 2.98. The summed E-state index contributed by atoms with van der Waals surface area (Å²) in [5.74, 6) is 2.07. The van der Waals surface area contributed by atoms with Crippen LogP contribution in [0.1, 0.15) is 22.3 Å². The number of methoxy groups -OCH3 is 2. The van der Waals surface area contributed by atoms with Crippen molar-refractivity contribution in [3.05, 3.63) is 65.9 Å². The van der Waals surface area contributed by atoms with Crippen LogP contribution in [0.2, 0.25) is 0 Å². The molecule has 0 spiro atoms. The Kier molecular flexibility index (Phi) is 4.80. The van der Waals surface area contributed by atoms with E-state index in [1.807, 2.05) is 30.3 Å². The van der Waals surface area contributed by atoms with Crippen molar-refractivity contribution in [3.8, 4) is 11.5 Å². The average molecular weight is 377 g/mol. The van der Waals surface area contributed by atoms with E-state index in [4.69, 9.17) is 14.2 Å². The van der Waals surface area contributed by atoms with Crippen LogP contribution in [0.5, 0.6) is 11.5 Å². The van der Waals surface area contributed by atoms with E-state index in [-0.39, 0.29) is 12.0 Å². The van der Waals surface area contributed by atoms with E-state index in [2.05, 4.69) is 15.3 Å². The number of nitrogens with one attached hydrogen (secondary N) is 1. The van der Waals surface area contributed by atoms with Crippen LogP contribution < -0.4 is 14.8 Å². The molecule has 2 aromatic rings. The van der Waals surface area contributed by atoms with Gasteiger partial charge in [0.2, 0.25) is 5.90 Å². The first kappa shape index (κ1) is 17.8. The Morgan fingerprint density at radius 1 is 1.11 bits per heavy atom. The van der Waals surface area contributed by atoms with Gasteiger partial charge in [0.1, 0.15) is 0 Å². The number of aliphatic imine (C=N–C) groups is 2. The number of amides is 1. The molecular formula is C21H19N3O4. The fourth-order valence-corrected chi connectivity index (χ4v) is 2.98. The average Bonchev–Trinajstić information content (AvgIpc) is 3.18. The van der Waals surface area contributed by atoms with Crippen LogP contribution in [0, 0.1) is 0 Å². The van der Waals surface area contributed by atoms with Gasteiger partial charge in [-0.05, 0) is 42.5 Å². The highest BCUT2D eigenvalue weighted by Crippen LogP contribution is 2.28. The molecule has 1 atom stereocenters. The molecular weight excluding hydrogens is 358 g/mol. The molecule has 0 bridgehead atoms. The highest BCUT2D eigenvalue weighted by atomic mass is 16.5. The maximum Gasteiger partial charge on any atom is 0.255 e. The molecule has 28 heavy (non-hydrogen) atoms. The van der Waals surface area contributed by atoms with Crippen LogP contribution in [-0.4, -0.2) is 38.0 Å². The highest BCUT2D eigenvalue weighted by molar-refractivity contribution is 6.10. The molecule has 1 unspecified atom stereocenters. The smallest absolute Gasteiger partial charge is 0.255 e. The van der Waals surface area contributed by atoms with Crippen molar-refractivity contribution in [1.82, 2.24) is 0 Å². The number of rotatable bonds is 5. The van der Waals surface area contributed by atoms with Gasteiger partial charge < -0.3 is 19.5 Å². The van der Waals surface area contributed by atoms with Crippen LogP contribution >= 0.6 is 0 Å². The summed E-state index contributed by atoms with van der Waals surface area (Å²) in [6.07, 6.45) is 4.36. The lowest BCUT2D eigenvalue weighted by Gasteiger charge is -2.12. The molecule has 2 aliphatic heterocycles. The lowest BCUT2D eigenvalue weighted by atomic mass is 10.1. The van der Waals surface area contributed by atoms with Gasteiger partial charge in [0, 0.05) is 29.4 Å². The van der Waals surface area contributed by atoms with Gasteiger partial charge in [-0.1, -0.05) is 6.08 Å². The standard InChI is InChI=1S/C21H19N3O4/c1-26-16-10-7-14(12-18(16)27-2)20(25)23-15-8-5-13(6-9-15)21-24-19-17(28-21)4-3-11-22-19/h3,5-12,17H,4H2,1-2H3,(H,23,25). The topological polar surface area (TPSA) is 81.5 Å². The largest absolute Gasteiger partial charge is 0.493 e. The number of fused-ring (bicyclic) bond motifs is 1. The van der Waals surface area contributed by atoms with Gasteiger partial charge >= 0.3 is 0 Å². The van der Waals surface area contributed by atoms with Crippen molar-refractivity contribution in [3.63, 3.8) is 0 Å². The van der Waals surface area contributed by atoms with Gasteiger partial charge in [-0.2, -0.15) is 4.99 Å². The number of hydrogen-bond donors (Lipinski definition) is 1. The molecule has 142 valence electrons. The molecule has 0 saturated heterocycles. The molecule has 0 saturated carbocycles. The van der Waals surface area contributed by atoms with Gasteiger partial charge in [-0.3, -0.25) is 4.79 Å². The number of carbonyl (C=O) groups is 1. The molecule has 0 aliphatic carbocycles. The molecule has 2 heterocycles. The predicted octanol–water partition coefficient (Wildman–Crippen LogP) is 3.42. The van der Waals surface area contributed by atoms with Gasteiger partial charge in [-0.25, -0.2) is 4.99 Å². The first-order valence-corrected chi connectivity index (χ1v) is 8.80. The van der Waals surface area contributed by atoms with Gasteiger partial charge in [0.05, 0.1) is 14.2 Å². The molecule has 0 radical (unpaired) electrons. The van der Waals surface area contributed by atoms with Crippen LogP contribution in [-0.2, 0) is 4.74 Å².